The van der Waals surface area contributed by atoms with Crippen LogP contribution in [0.15, 0.2) is 18.2 Å². The summed E-state index contributed by atoms with van der Waals surface area (Å²) in [7, 11) is 0. The van der Waals surface area contributed by atoms with Gasteiger partial charge in [0, 0.05) is 0 Å². The fourth-order valence-electron chi connectivity index (χ4n) is 1.05. The molecule has 1 aromatic rings. The number of carbonyl (C=O) groups is 2. The van der Waals surface area contributed by atoms with Gasteiger partial charge >= 0.3 is 11.9 Å². The molecule has 16 heavy (non-hydrogen) atoms. The van der Waals surface area contributed by atoms with Crippen molar-refractivity contribution < 1.29 is 19.4 Å². The lowest BCUT2D eigenvalue weighted by molar-refractivity contribution is 0.00695. The van der Waals surface area contributed by atoms with E-state index >= 15 is 0 Å². The van der Waals surface area contributed by atoms with Crippen LogP contribution in [0.1, 0.15) is 41.5 Å². The van der Waals surface area contributed by atoms with Crippen LogP contribution in [0.4, 0.5) is 0 Å². The van der Waals surface area contributed by atoms with Gasteiger partial charge in [0.2, 0.25) is 0 Å². The fourth-order valence-corrected chi connectivity index (χ4v) is 1.05. The molecule has 1 aromatic carbocycles. The highest BCUT2D eigenvalue weighted by Gasteiger charge is 2.18. The molecule has 0 aliphatic rings. The van der Waals surface area contributed by atoms with Crippen LogP contribution in [0.25, 0.3) is 0 Å². The minimum atomic E-state index is -1.12. The van der Waals surface area contributed by atoms with Crippen LogP contribution >= 0.6 is 0 Å². The molecular weight excluding hydrogens is 208 g/mol. The van der Waals surface area contributed by atoms with E-state index in [0.29, 0.717) is 0 Å². The Hall–Kier alpha value is -1.84. The number of rotatable bonds is 2. The second-order valence-corrected chi connectivity index (χ2v) is 4.30. The lowest BCUT2D eigenvalue weighted by atomic mass is 10.1. The summed E-state index contributed by atoms with van der Waals surface area (Å²) in [5.41, 5.74) is -0.436. The molecule has 4 nitrogen and oxygen atoms in total. The summed E-state index contributed by atoms with van der Waals surface area (Å²) in [4.78, 5) is 22.3. The summed E-state index contributed by atoms with van der Waals surface area (Å²) in [6.07, 6.45) is 0. The summed E-state index contributed by atoms with van der Waals surface area (Å²) in [5.74, 6) is -1.66. The van der Waals surface area contributed by atoms with Crippen LogP contribution < -0.4 is 0 Å². The molecule has 0 bridgehead atoms. The van der Waals surface area contributed by atoms with Crippen LogP contribution in [0.5, 0.6) is 0 Å². The average Bonchev–Trinajstić information content (AvgIpc) is 2.15. The van der Waals surface area contributed by atoms with Gasteiger partial charge in [0.05, 0.1) is 11.1 Å². The second kappa shape index (κ2) is 4.35. The van der Waals surface area contributed by atoms with Gasteiger partial charge in [-0.1, -0.05) is 6.07 Å². The number of ether oxygens (including phenoxy) is 1. The number of aromatic carboxylic acids is 1. The third-order valence-corrected chi connectivity index (χ3v) is 1.67. The molecule has 0 aromatic heterocycles. The number of carbonyl (C=O) groups excluding carboxylic acids is 1. The Morgan fingerprint density at radius 1 is 1.38 bits per heavy atom. The quantitative estimate of drug-likeness (QED) is 0.777. The molecule has 1 radical (unpaired) electrons. The van der Waals surface area contributed by atoms with E-state index in [1.54, 1.807) is 20.8 Å². The number of carboxylic acids is 1. The predicted octanol–water partition coefficient (Wildman–Crippen LogP) is 2.14. The third-order valence-electron chi connectivity index (χ3n) is 1.67. The van der Waals surface area contributed by atoms with Gasteiger partial charge in [0.15, 0.2) is 0 Å². The van der Waals surface area contributed by atoms with E-state index in [0.717, 1.165) is 0 Å². The van der Waals surface area contributed by atoms with Crippen molar-refractivity contribution in [2.45, 2.75) is 26.4 Å². The highest BCUT2D eigenvalue weighted by Crippen LogP contribution is 2.13. The van der Waals surface area contributed by atoms with Crippen LogP contribution in [-0.2, 0) is 4.74 Å². The van der Waals surface area contributed by atoms with Crippen molar-refractivity contribution in [2.75, 3.05) is 0 Å². The van der Waals surface area contributed by atoms with Crippen LogP contribution in [0.3, 0.4) is 0 Å². The minimum Gasteiger partial charge on any atom is -0.478 e. The first kappa shape index (κ1) is 12.2. The number of hydrogen-bond donors (Lipinski definition) is 1. The number of carboxylic acid groups (broad SMARTS) is 1. The molecule has 0 saturated heterocycles. The molecule has 0 aliphatic heterocycles. The molecule has 0 fully saturated rings. The van der Waals surface area contributed by atoms with Crippen molar-refractivity contribution in [2.24, 2.45) is 0 Å². The smallest absolute Gasteiger partial charge is 0.338 e. The standard InChI is InChI=1S/C12H13O4/c1-12(2,3)16-11(15)9-6-4-5-8(7-9)10(13)14/h4,6-7H,1-3H3,(H,13,14). The Balaban J connectivity index is 2.92. The van der Waals surface area contributed by atoms with Gasteiger partial charge in [0.1, 0.15) is 5.60 Å². The molecule has 0 spiro atoms. The molecular formula is C12H13O4. The van der Waals surface area contributed by atoms with E-state index in [1.165, 1.54) is 18.2 Å². The Kier molecular flexibility index (Phi) is 3.32. The summed E-state index contributed by atoms with van der Waals surface area (Å²) >= 11 is 0. The minimum absolute atomic E-state index is 0.0524. The molecule has 0 atom stereocenters. The summed E-state index contributed by atoms with van der Waals surface area (Å²) in [6, 6.07) is 6.63. The van der Waals surface area contributed by atoms with E-state index in [1.807, 2.05) is 0 Å². The second-order valence-electron chi connectivity index (χ2n) is 4.30. The molecule has 0 aliphatic carbocycles. The zero-order valence-corrected chi connectivity index (χ0v) is 9.40. The maximum Gasteiger partial charge on any atom is 0.338 e. The maximum absolute atomic E-state index is 11.6. The average molecular weight is 221 g/mol. The zero-order valence-electron chi connectivity index (χ0n) is 9.40. The van der Waals surface area contributed by atoms with Crippen LogP contribution in [0.2, 0.25) is 0 Å². The van der Waals surface area contributed by atoms with E-state index in [2.05, 4.69) is 6.07 Å². The first-order valence-corrected chi connectivity index (χ1v) is 4.78. The number of benzene rings is 1. The Morgan fingerprint density at radius 3 is 2.50 bits per heavy atom. The Morgan fingerprint density at radius 2 is 2.00 bits per heavy atom. The molecule has 1 N–H and O–H groups in total. The molecule has 1 rings (SSSR count). The SMILES string of the molecule is CC(C)(C)OC(=O)c1cc[c]c(C(=O)O)c1. The Labute approximate surface area is 93.9 Å². The highest BCUT2D eigenvalue weighted by atomic mass is 16.6. The van der Waals surface area contributed by atoms with Crippen molar-refractivity contribution in [3.63, 3.8) is 0 Å². The van der Waals surface area contributed by atoms with Gasteiger partial charge in [0.25, 0.3) is 0 Å². The first-order chi connectivity index (χ1) is 7.29. The third kappa shape index (κ3) is 3.38. The van der Waals surface area contributed by atoms with Crippen molar-refractivity contribution in [3.05, 3.63) is 35.4 Å². The largest absolute Gasteiger partial charge is 0.478 e. The molecule has 0 heterocycles. The van der Waals surface area contributed by atoms with E-state index < -0.39 is 17.5 Å². The summed E-state index contributed by atoms with van der Waals surface area (Å²) in [5, 5.41) is 8.74. The molecule has 0 saturated carbocycles. The summed E-state index contributed by atoms with van der Waals surface area (Å²) < 4.78 is 5.11. The van der Waals surface area contributed by atoms with Gasteiger partial charge < -0.3 is 9.84 Å². The first-order valence-electron chi connectivity index (χ1n) is 4.78. The van der Waals surface area contributed by atoms with Gasteiger partial charge in [-0.15, -0.1) is 0 Å². The molecule has 0 unspecified atom stereocenters. The topological polar surface area (TPSA) is 63.6 Å². The van der Waals surface area contributed by atoms with Gasteiger partial charge in [-0.3, -0.25) is 0 Å². The lowest BCUT2D eigenvalue weighted by Crippen LogP contribution is -2.24. The normalized spacial score (nSPS) is 10.9. The van der Waals surface area contributed by atoms with Gasteiger partial charge in [-0.05, 0) is 39.0 Å². The van der Waals surface area contributed by atoms with E-state index in [9.17, 15) is 9.59 Å². The molecule has 0 amide bonds. The van der Waals surface area contributed by atoms with E-state index in [-0.39, 0.29) is 11.1 Å². The monoisotopic (exact) mass is 221 g/mol. The number of esters is 1. The summed E-state index contributed by atoms with van der Waals surface area (Å²) in [6.45, 7) is 5.24. The molecule has 4 heteroatoms. The van der Waals surface area contributed by atoms with Crippen LogP contribution in [0, 0.1) is 6.07 Å². The van der Waals surface area contributed by atoms with Crippen molar-refractivity contribution >= 4 is 11.9 Å². The number of hydrogen-bond acceptors (Lipinski definition) is 3. The lowest BCUT2D eigenvalue weighted by Gasteiger charge is -2.19. The fraction of sp³-hybridized carbons (Fsp3) is 0.333. The van der Waals surface area contributed by atoms with Crippen molar-refractivity contribution in [1.82, 2.24) is 0 Å². The van der Waals surface area contributed by atoms with Crippen LogP contribution in [-0.4, -0.2) is 22.6 Å². The van der Waals surface area contributed by atoms with Crippen molar-refractivity contribution in [1.29, 1.82) is 0 Å². The van der Waals surface area contributed by atoms with Gasteiger partial charge in [-0.2, -0.15) is 0 Å². The zero-order chi connectivity index (χ0) is 12.3. The maximum atomic E-state index is 11.6. The van der Waals surface area contributed by atoms with Crippen molar-refractivity contribution in [3.8, 4) is 0 Å². The Bertz CT molecular complexity index is 415. The van der Waals surface area contributed by atoms with Gasteiger partial charge in [-0.25, -0.2) is 9.59 Å². The highest BCUT2D eigenvalue weighted by molar-refractivity contribution is 5.94. The molecule has 85 valence electrons. The predicted molar refractivity (Wildman–Crippen MR) is 57.4 cm³/mol. The van der Waals surface area contributed by atoms with E-state index in [4.69, 9.17) is 9.84 Å².